The molecule has 0 aromatic heterocycles. The number of likely N-dealkylation sites (tertiary alicyclic amines) is 1. The number of carbonyl (C=O) groups is 2. The monoisotopic (exact) mass is 212 g/mol. The van der Waals surface area contributed by atoms with E-state index in [2.05, 4.69) is 17.0 Å². The minimum Gasteiger partial charge on any atom is -0.453 e. The molecule has 0 bridgehead atoms. The van der Waals surface area contributed by atoms with Gasteiger partial charge in [0.05, 0.1) is 13.2 Å². The summed E-state index contributed by atoms with van der Waals surface area (Å²) in [5.74, 6) is 0.871. The molecule has 1 aliphatic carbocycles. The van der Waals surface area contributed by atoms with Crippen LogP contribution >= 0.6 is 0 Å². The molecule has 0 spiro atoms. The van der Waals surface area contributed by atoms with Crippen LogP contribution in [0.4, 0.5) is 4.79 Å². The lowest BCUT2D eigenvalue weighted by Gasteiger charge is -2.38. The number of ether oxygens (including phenoxy) is 1. The molecule has 5 nitrogen and oxygen atoms in total. The normalized spacial score (nSPS) is 29.3. The Labute approximate surface area is 88.8 Å². The van der Waals surface area contributed by atoms with E-state index < -0.39 is 0 Å². The Kier molecular flexibility index (Phi) is 2.54. The smallest absolute Gasteiger partial charge is 0.409 e. The highest BCUT2D eigenvalue weighted by Crippen LogP contribution is 2.37. The molecule has 2 rings (SSSR count). The van der Waals surface area contributed by atoms with Crippen LogP contribution in [0, 0.1) is 11.8 Å². The minimum atomic E-state index is -0.319. The van der Waals surface area contributed by atoms with Gasteiger partial charge in [0.25, 0.3) is 0 Å². The lowest BCUT2D eigenvalue weighted by Crippen LogP contribution is -2.61. The van der Waals surface area contributed by atoms with Gasteiger partial charge >= 0.3 is 6.09 Å². The summed E-state index contributed by atoms with van der Waals surface area (Å²) in [4.78, 5) is 24.1. The first-order valence-electron chi connectivity index (χ1n) is 5.25. The molecule has 0 unspecified atom stereocenters. The first-order valence-corrected chi connectivity index (χ1v) is 5.25. The molecule has 15 heavy (non-hydrogen) atoms. The number of amides is 2. The lowest BCUT2D eigenvalue weighted by atomic mass is 10.1. The second kappa shape index (κ2) is 3.72. The van der Waals surface area contributed by atoms with Gasteiger partial charge in [0.2, 0.25) is 5.91 Å². The fourth-order valence-corrected chi connectivity index (χ4v) is 1.84. The second-order valence-corrected chi connectivity index (χ2v) is 4.40. The number of methoxy groups -OCH3 is 1. The fourth-order valence-electron chi connectivity index (χ4n) is 1.84. The van der Waals surface area contributed by atoms with Crippen molar-refractivity contribution < 1.29 is 14.3 Å². The van der Waals surface area contributed by atoms with Gasteiger partial charge < -0.3 is 15.0 Å². The van der Waals surface area contributed by atoms with Gasteiger partial charge in [-0.25, -0.2) is 4.79 Å². The summed E-state index contributed by atoms with van der Waals surface area (Å²) in [6.45, 7) is 3.21. The number of rotatable bonds is 2. The Hall–Kier alpha value is -1.26. The highest BCUT2D eigenvalue weighted by atomic mass is 16.5. The van der Waals surface area contributed by atoms with Crippen LogP contribution in [-0.2, 0) is 9.53 Å². The van der Waals surface area contributed by atoms with E-state index in [1.54, 1.807) is 4.90 Å². The van der Waals surface area contributed by atoms with E-state index in [0.29, 0.717) is 19.0 Å². The summed E-state index contributed by atoms with van der Waals surface area (Å²) in [5, 5.41) is 2.93. The number of nitrogens with zero attached hydrogens (tertiary/aromatic N) is 1. The lowest BCUT2D eigenvalue weighted by molar-refractivity contribution is -0.124. The fraction of sp³-hybridized carbons (Fsp3) is 0.800. The maximum atomic E-state index is 11.5. The van der Waals surface area contributed by atoms with Gasteiger partial charge in [-0.15, -0.1) is 0 Å². The largest absolute Gasteiger partial charge is 0.453 e. The number of hydrogen-bond donors (Lipinski definition) is 1. The molecular weight excluding hydrogens is 196 g/mol. The van der Waals surface area contributed by atoms with Crippen molar-refractivity contribution in [1.29, 1.82) is 0 Å². The van der Waals surface area contributed by atoms with Crippen LogP contribution in [-0.4, -0.2) is 43.1 Å². The molecule has 2 fully saturated rings. The molecule has 1 N–H and O–H groups in total. The summed E-state index contributed by atoms with van der Waals surface area (Å²) in [5.41, 5.74) is 0. The van der Waals surface area contributed by atoms with Gasteiger partial charge in [-0.3, -0.25) is 4.79 Å². The van der Waals surface area contributed by atoms with E-state index in [-0.39, 0.29) is 24.0 Å². The van der Waals surface area contributed by atoms with Crippen LogP contribution in [0.15, 0.2) is 0 Å². The van der Waals surface area contributed by atoms with E-state index in [9.17, 15) is 9.59 Å². The quantitative estimate of drug-likeness (QED) is 0.711. The predicted octanol–water partition coefficient (Wildman–Crippen LogP) is 0.209. The van der Waals surface area contributed by atoms with Gasteiger partial charge in [-0.2, -0.15) is 0 Å². The molecule has 1 heterocycles. The van der Waals surface area contributed by atoms with Crippen molar-refractivity contribution in [2.24, 2.45) is 11.8 Å². The SMILES string of the molecule is COC(=O)N1CC(NC(=O)[C@H]2C[C@@H]2C)C1. The Balaban J connectivity index is 1.67. The molecular formula is C10H16N2O3. The molecule has 0 aromatic carbocycles. The zero-order chi connectivity index (χ0) is 11.0. The Morgan fingerprint density at radius 3 is 2.47 bits per heavy atom. The number of nitrogens with one attached hydrogen (secondary N) is 1. The first-order chi connectivity index (χ1) is 7.11. The van der Waals surface area contributed by atoms with Crippen molar-refractivity contribution >= 4 is 12.0 Å². The average Bonchev–Trinajstić information content (AvgIpc) is 2.87. The van der Waals surface area contributed by atoms with Gasteiger partial charge in [-0.1, -0.05) is 6.92 Å². The molecule has 1 saturated carbocycles. The molecule has 2 aliphatic rings. The molecule has 0 aromatic rings. The first kappa shape index (κ1) is 10.3. The molecule has 2 amide bonds. The Bertz CT molecular complexity index is 286. The van der Waals surface area contributed by atoms with Gasteiger partial charge in [0.1, 0.15) is 0 Å². The average molecular weight is 212 g/mol. The van der Waals surface area contributed by atoms with Gasteiger partial charge in [-0.05, 0) is 12.3 Å². The summed E-state index contributed by atoms with van der Waals surface area (Å²) in [7, 11) is 1.36. The maximum Gasteiger partial charge on any atom is 0.409 e. The van der Waals surface area contributed by atoms with E-state index in [4.69, 9.17) is 0 Å². The molecule has 1 saturated heterocycles. The standard InChI is InChI=1S/C10H16N2O3/c1-6-3-8(6)9(13)11-7-4-12(5-7)10(14)15-2/h6-8H,3-5H2,1-2H3,(H,11,13)/t6-,8-/m0/s1. The van der Waals surface area contributed by atoms with Crippen LogP contribution in [0.25, 0.3) is 0 Å². The molecule has 0 radical (unpaired) electrons. The second-order valence-electron chi connectivity index (χ2n) is 4.40. The number of hydrogen-bond acceptors (Lipinski definition) is 3. The zero-order valence-corrected chi connectivity index (χ0v) is 9.03. The van der Waals surface area contributed by atoms with Crippen LogP contribution in [0.3, 0.4) is 0 Å². The van der Waals surface area contributed by atoms with Crippen LogP contribution in [0.2, 0.25) is 0 Å². The third-order valence-corrected chi connectivity index (χ3v) is 3.11. The Morgan fingerprint density at radius 2 is 2.00 bits per heavy atom. The summed E-state index contributed by atoms with van der Waals surface area (Å²) in [6.07, 6.45) is 0.680. The third-order valence-electron chi connectivity index (χ3n) is 3.11. The van der Waals surface area contributed by atoms with Crippen molar-refractivity contribution in [3.05, 3.63) is 0 Å². The van der Waals surface area contributed by atoms with Gasteiger partial charge in [0.15, 0.2) is 0 Å². The Morgan fingerprint density at radius 1 is 1.40 bits per heavy atom. The van der Waals surface area contributed by atoms with E-state index in [1.807, 2.05) is 0 Å². The maximum absolute atomic E-state index is 11.5. The van der Waals surface area contributed by atoms with Crippen molar-refractivity contribution in [3.63, 3.8) is 0 Å². The van der Waals surface area contributed by atoms with Crippen LogP contribution in [0.5, 0.6) is 0 Å². The van der Waals surface area contributed by atoms with Crippen LogP contribution < -0.4 is 5.32 Å². The van der Waals surface area contributed by atoms with Crippen molar-refractivity contribution in [3.8, 4) is 0 Å². The van der Waals surface area contributed by atoms with Crippen molar-refractivity contribution in [2.75, 3.05) is 20.2 Å². The van der Waals surface area contributed by atoms with Gasteiger partial charge in [0, 0.05) is 19.0 Å². The zero-order valence-electron chi connectivity index (χ0n) is 9.03. The highest BCUT2D eigenvalue weighted by molar-refractivity contribution is 5.82. The minimum absolute atomic E-state index is 0.115. The van der Waals surface area contributed by atoms with Crippen LogP contribution in [0.1, 0.15) is 13.3 Å². The summed E-state index contributed by atoms with van der Waals surface area (Å²) in [6, 6.07) is 0.115. The summed E-state index contributed by atoms with van der Waals surface area (Å²) < 4.78 is 4.56. The number of carbonyl (C=O) groups excluding carboxylic acids is 2. The highest BCUT2D eigenvalue weighted by Gasteiger charge is 2.41. The third kappa shape index (κ3) is 2.06. The van der Waals surface area contributed by atoms with E-state index >= 15 is 0 Å². The van der Waals surface area contributed by atoms with E-state index in [0.717, 1.165) is 6.42 Å². The summed E-state index contributed by atoms with van der Waals surface area (Å²) >= 11 is 0. The molecule has 5 heteroatoms. The van der Waals surface area contributed by atoms with Crippen molar-refractivity contribution in [1.82, 2.24) is 10.2 Å². The van der Waals surface area contributed by atoms with E-state index in [1.165, 1.54) is 7.11 Å². The topological polar surface area (TPSA) is 58.6 Å². The predicted molar refractivity (Wildman–Crippen MR) is 53.2 cm³/mol. The molecule has 2 atom stereocenters. The van der Waals surface area contributed by atoms with Crippen molar-refractivity contribution in [2.45, 2.75) is 19.4 Å². The molecule has 1 aliphatic heterocycles. The molecule has 84 valence electrons.